The average molecular weight is 173 g/mol. The summed E-state index contributed by atoms with van der Waals surface area (Å²) in [7, 11) is 1.72. The molecule has 0 radical (unpaired) electrons. The van der Waals surface area contributed by atoms with Gasteiger partial charge in [0.15, 0.2) is 0 Å². The molecule has 0 heterocycles. The highest BCUT2D eigenvalue weighted by Gasteiger charge is 2.15. The van der Waals surface area contributed by atoms with Crippen LogP contribution in [0.4, 0.5) is 0 Å². The van der Waals surface area contributed by atoms with Crippen molar-refractivity contribution in [2.24, 2.45) is 11.7 Å². The van der Waals surface area contributed by atoms with E-state index in [1.54, 1.807) is 7.11 Å². The molecule has 12 heavy (non-hydrogen) atoms. The van der Waals surface area contributed by atoms with E-state index in [9.17, 15) is 0 Å². The van der Waals surface area contributed by atoms with Crippen LogP contribution in [-0.4, -0.2) is 19.3 Å². The lowest BCUT2D eigenvalue weighted by atomic mass is 9.93. The molecular weight excluding hydrogens is 150 g/mol. The van der Waals surface area contributed by atoms with Crippen molar-refractivity contribution in [2.75, 3.05) is 7.11 Å². The molecular formula is C10H23NO. The normalized spacial score (nSPS) is 16.5. The van der Waals surface area contributed by atoms with Gasteiger partial charge < -0.3 is 10.5 Å². The first-order chi connectivity index (χ1) is 5.65. The highest BCUT2D eigenvalue weighted by Crippen LogP contribution is 2.16. The van der Waals surface area contributed by atoms with Gasteiger partial charge in [-0.25, -0.2) is 0 Å². The Labute approximate surface area is 76.5 Å². The van der Waals surface area contributed by atoms with Crippen LogP contribution in [0.15, 0.2) is 0 Å². The predicted molar refractivity (Wildman–Crippen MR) is 53.1 cm³/mol. The van der Waals surface area contributed by atoms with E-state index < -0.39 is 0 Å². The highest BCUT2D eigenvalue weighted by atomic mass is 16.5. The second-order valence-electron chi connectivity index (χ2n) is 3.52. The zero-order valence-electron chi connectivity index (χ0n) is 8.84. The van der Waals surface area contributed by atoms with Gasteiger partial charge in [0.1, 0.15) is 0 Å². The van der Waals surface area contributed by atoms with Crippen molar-refractivity contribution < 1.29 is 4.74 Å². The molecule has 0 fully saturated rings. The fourth-order valence-corrected chi connectivity index (χ4v) is 1.37. The predicted octanol–water partition coefficient (Wildman–Crippen LogP) is 2.17. The maximum Gasteiger partial charge on any atom is 0.0694 e. The average Bonchev–Trinajstić information content (AvgIpc) is 2.12. The molecule has 0 aromatic heterocycles. The molecule has 2 unspecified atom stereocenters. The molecule has 2 nitrogen and oxygen atoms in total. The minimum absolute atomic E-state index is 0.186. The molecule has 0 amide bonds. The Morgan fingerprint density at radius 1 is 1.25 bits per heavy atom. The van der Waals surface area contributed by atoms with Gasteiger partial charge in [0.05, 0.1) is 6.10 Å². The zero-order valence-corrected chi connectivity index (χ0v) is 8.84. The van der Waals surface area contributed by atoms with E-state index in [0.29, 0.717) is 0 Å². The van der Waals surface area contributed by atoms with E-state index in [-0.39, 0.29) is 12.1 Å². The smallest absolute Gasteiger partial charge is 0.0694 e. The van der Waals surface area contributed by atoms with Crippen LogP contribution in [0, 0.1) is 5.92 Å². The molecule has 0 saturated heterocycles. The van der Waals surface area contributed by atoms with E-state index in [4.69, 9.17) is 10.5 Å². The minimum Gasteiger partial charge on any atom is -0.380 e. The number of rotatable bonds is 6. The van der Waals surface area contributed by atoms with Gasteiger partial charge in [0, 0.05) is 13.2 Å². The Balaban J connectivity index is 3.72. The first kappa shape index (κ1) is 11.9. The third-order valence-corrected chi connectivity index (χ3v) is 2.73. The van der Waals surface area contributed by atoms with Crippen LogP contribution >= 0.6 is 0 Å². The van der Waals surface area contributed by atoms with Gasteiger partial charge in [0.2, 0.25) is 0 Å². The Morgan fingerprint density at radius 3 is 2.08 bits per heavy atom. The van der Waals surface area contributed by atoms with Crippen LogP contribution in [0.1, 0.15) is 40.0 Å². The number of nitrogens with two attached hydrogens (primary N) is 1. The Hall–Kier alpha value is -0.0800. The number of hydrogen-bond acceptors (Lipinski definition) is 2. The molecule has 0 aliphatic carbocycles. The summed E-state index contributed by atoms with van der Waals surface area (Å²) in [5, 5.41) is 0. The molecule has 0 aromatic rings. The molecule has 0 aromatic carbocycles. The first-order valence-electron chi connectivity index (χ1n) is 4.94. The quantitative estimate of drug-likeness (QED) is 0.668. The maximum absolute atomic E-state index is 5.95. The molecule has 0 aliphatic heterocycles. The topological polar surface area (TPSA) is 35.2 Å². The lowest BCUT2D eigenvalue weighted by Gasteiger charge is -2.22. The second-order valence-corrected chi connectivity index (χ2v) is 3.52. The van der Waals surface area contributed by atoms with Gasteiger partial charge >= 0.3 is 0 Å². The zero-order chi connectivity index (χ0) is 9.56. The summed E-state index contributed by atoms with van der Waals surface area (Å²) in [5.41, 5.74) is 5.95. The molecule has 0 rings (SSSR count). The van der Waals surface area contributed by atoms with Gasteiger partial charge in [-0.1, -0.05) is 26.7 Å². The summed E-state index contributed by atoms with van der Waals surface area (Å²) in [6.07, 6.45) is 3.72. The Kier molecular flexibility index (Phi) is 6.39. The summed E-state index contributed by atoms with van der Waals surface area (Å²) >= 11 is 0. The van der Waals surface area contributed by atoms with Crippen molar-refractivity contribution in [3.63, 3.8) is 0 Å². The largest absolute Gasteiger partial charge is 0.380 e. The van der Waals surface area contributed by atoms with E-state index in [1.807, 2.05) is 6.92 Å². The van der Waals surface area contributed by atoms with Gasteiger partial charge in [-0.05, 0) is 19.3 Å². The molecule has 74 valence electrons. The van der Waals surface area contributed by atoms with Gasteiger partial charge in [-0.3, -0.25) is 0 Å². The van der Waals surface area contributed by atoms with Crippen LogP contribution in [0.25, 0.3) is 0 Å². The van der Waals surface area contributed by atoms with Gasteiger partial charge in [-0.15, -0.1) is 0 Å². The van der Waals surface area contributed by atoms with Crippen LogP contribution in [-0.2, 0) is 4.74 Å². The summed E-state index contributed by atoms with van der Waals surface area (Å²) in [6, 6.07) is 0.194. The maximum atomic E-state index is 5.95. The molecule has 0 spiro atoms. The van der Waals surface area contributed by atoms with Crippen molar-refractivity contribution >= 4 is 0 Å². The molecule has 0 saturated carbocycles. The van der Waals surface area contributed by atoms with Crippen molar-refractivity contribution in [3.8, 4) is 0 Å². The molecule has 2 N–H and O–H groups in total. The Morgan fingerprint density at radius 2 is 1.75 bits per heavy atom. The van der Waals surface area contributed by atoms with Crippen molar-refractivity contribution in [1.29, 1.82) is 0 Å². The van der Waals surface area contributed by atoms with Crippen molar-refractivity contribution in [1.82, 2.24) is 0 Å². The fraction of sp³-hybridized carbons (Fsp3) is 1.00. The number of hydrogen-bond donors (Lipinski definition) is 1. The Bertz CT molecular complexity index is 102. The van der Waals surface area contributed by atoms with E-state index in [0.717, 1.165) is 12.3 Å². The third-order valence-electron chi connectivity index (χ3n) is 2.73. The molecule has 2 heteroatoms. The summed E-state index contributed by atoms with van der Waals surface area (Å²) in [6.45, 7) is 6.48. The van der Waals surface area contributed by atoms with E-state index >= 15 is 0 Å². The summed E-state index contributed by atoms with van der Waals surface area (Å²) < 4.78 is 5.18. The van der Waals surface area contributed by atoms with Gasteiger partial charge in [-0.2, -0.15) is 0 Å². The van der Waals surface area contributed by atoms with Crippen LogP contribution in [0.2, 0.25) is 0 Å². The first-order valence-corrected chi connectivity index (χ1v) is 4.94. The third kappa shape index (κ3) is 4.07. The van der Waals surface area contributed by atoms with Crippen molar-refractivity contribution in [3.05, 3.63) is 0 Å². The van der Waals surface area contributed by atoms with Crippen LogP contribution < -0.4 is 5.73 Å². The van der Waals surface area contributed by atoms with Crippen molar-refractivity contribution in [2.45, 2.75) is 52.2 Å². The van der Waals surface area contributed by atoms with E-state index in [2.05, 4.69) is 13.8 Å². The molecule has 0 aliphatic rings. The monoisotopic (exact) mass is 173 g/mol. The van der Waals surface area contributed by atoms with E-state index in [1.165, 1.54) is 12.8 Å². The molecule has 2 atom stereocenters. The number of methoxy groups -OCH3 is 1. The number of ether oxygens (including phenoxy) is 1. The summed E-state index contributed by atoms with van der Waals surface area (Å²) in [5.74, 6) is 0.762. The van der Waals surface area contributed by atoms with Crippen LogP contribution in [0.5, 0.6) is 0 Å². The lowest BCUT2D eigenvalue weighted by Crippen LogP contribution is -2.35. The lowest BCUT2D eigenvalue weighted by molar-refractivity contribution is 0.0867. The molecule has 0 bridgehead atoms. The summed E-state index contributed by atoms with van der Waals surface area (Å²) in [4.78, 5) is 0. The minimum atomic E-state index is 0.186. The fourth-order valence-electron chi connectivity index (χ4n) is 1.37. The highest BCUT2D eigenvalue weighted by molar-refractivity contribution is 4.72. The van der Waals surface area contributed by atoms with Gasteiger partial charge in [0.25, 0.3) is 0 Å². The second kappa shape index (κ2) is 6.44. The van der Waals surface area contributed by atoms with Crippen LogP contribution in [0.3, 0.4) is 0 Å². The SMILES string of the molecule is CCC(CC)CC(N)C(C)OC. The standard InChI is InChI=1S/C10H23NO/c1-5-9(6-2)7-10(11)8(3)12-4/h8-10H,5-7,11H2,1-4H3.